The molecule has 33 heavy (non-hydrogen) atoms. The number of amides is 1. The van der Waals surface area contributed by atoms with E-state index in [0.717, 1.165) is 30.8 Å². The molecule has 3 aromatic carbocycles. The van der Waals surface area contributed by atoms with Crippen LogP contribution in [0, 0.1) is 11.8 Å². The number of ether oxygens (including phenoxy) is 1. The maximum absolute atomic E-state index is 12.3. The molecule has 1 amide bonds. The Balaban J connectivity index is 1.60. The Morgan fingerprint density at radius 1 is 0.939 bits per heavy atom. The molecule has 6 heteroatoms. The van der Waals surface area contributed by atoms with Gasteiger partial charge < -0.3 is 15.0 Å². The monoisotopic (exact) mass is 480 g/mol. The Bertz CT molecular complexity index is 1150. The molecule has 3 aromatic rings. The van der Waals surface area contributed by atoms with Gasteiger partial charge in [0.05, 0.1) is 10.0 Å². The highest BCUT2D eigenvalue weighted by Gasteiger charge is 2.07. The molecule has 0 bridgehead atoms. The van der Waals surface area contributed by atoms with Gasteiger partial charge in [-0.25, -0.2) is 0 Å². The summed E-state index contributed by atoms with van der Waals surface area (Å²) in [5.41, 5.74) is 3.18. The summed E-state index contributed by atoms with van der Waals surface area (Å²) in [4.78, 5) is 14.6. The van der Waals surface area contributed by atoms with Gasteiger partial charge in [0, 0.05) is 23.7 Å². The molecular formula is C27H26Cl2N2O2. The van der Waals surface area contributed by atoms with Crippen molar-refractivity contribution in [2.24, 2.45) is 0 Å². The van der Waals surface area contributed by atoms with Crippen molar-refractivity contribution in [2.45, 2.75) is 13.8 Å². The first-order chi connectivity index (χ1) is 16.0. The highest BCUT2D eigenvalue weighted by molar-refractivity contribution is 6.32. The van der Waals surface area contributed by atoms with Crippen LogP contribution >= 0.6 is 23.2 Å². The third kappa shape index (κ3) is 7.27. The van der Waals surface area contributed by atoms with Gasteiger partial charge in [0.25, 0.3) is 0 Å². The molecule has 170 valence electrons. The molecule has 0 radical (unpaired) electrons. The van der Waals surface area contributed by atoms with Crippen molar-refractivity contribution < 1.29 is 9.53 Å². The summed E-state index contributed by atoms with van der Waals surface area (Å²) in [5.74, 6) is 5.54. The molecular weight excluding hydrogens is 455 g/mol. The number of likely N-dealkylation sites (N-methyl/N-ethyl adjacent to an activating group) is 1. The smallest absolute Gasteiger partial charge is 0.300 e. The van der Waals surface area contributed by atoms with E-state index in [1.807, 2.05) is 48.5 Å². The fourth-order valence-electron chi connectivity index (χ4n) is 3.23. The number of nitrogens with zero attached hydrogens (tertiary/aromatic N) is 1. The summed E-state index contributed by atoms with van der Waals surface area (Å²) >= 11 is 12.7. The summed E-state index contributed by atoms with van der Waals surface area (Å²) in [5, 5.41) is 3.65. The van der Waals surface area contributed by atoms with Gasteiger partial charge in [-0.1, -0.05) is 79.4 Å². The predicted octanol–water partition coefficient (Wildman–Crippen LogP) is 6.37. The third-order valence-electron chi connectivity index (χ3n) is 5.14. The lowest BCUT2D eigenvalue weighted by molar-refractivity contribution is -0.111. The molecule has 0 fully saturated rings. The van der Waals surface area contributed by atoms with Crippen LogP contribution in [0.1, 0.15) is 19.4 Å². The molecule has 0 aliphatic heterocycles. The number of hydrogen-bond donors (Lipinski definition) is 1. The van der Waals surface area contributed by atoms with Gasteiger partial charge in [-0.3, -0.25) is 4.79 Å². The van der Waals surface area contributed by atoms with Crippen LogP contribution in [0.25, 0.3) is 11.1 Å². The molecule has 0 heterocycles. The zero-order valence-electron chi connectivity index (χ0n) is 18.7. The van der Waals surface area contributed by atoms with Gasteiger partial charge in [-0.2, -0.15) is 0 Å². The van der Waals surface area contributed by atoms with E-state index in [-0.39, 0.29) is 0 Å². The van der Waals surface area contributed by atoms with Crippen molar-refractivity contribution in [1.29, 1.82) is 0 Å². The second-order valence-corrected chi connectivity index (χ2v) is 8.10. The average Bonchev–Trinajstić information content (AvgIpc) is 2.83. The van der Waals surface area contributed by atoms with Crippen LogP contribution < -0.4 is 10.1 Å². The van der Waals surface area contributed by atoms with Gasteiger partial charge in [-0.05, 0) is 54.5 Å². The number of hydrogen-bond acceptors (Lipinski definition) is 3. The lowest BCUT2D eigenvalue weighted by atomic mass is 10.0. The van der Waals surface area contributed by atoms with Crippen LogP contribution in [0.15, 0.2) is 66.7 Å². The zero-order valence-corrected chi connectivity index (χ0v) is 20.2. The topological polar surface area (TPSA) is 41.6 Å². The summed E-state index contributed by atoms with van der Waals surface area (Å²) in [6, 6.07) is 20.6. The van der Waals surface area contributed by atoms with E-state index in [2.05, 4.69) is 35.9 Å². The lowest BCUT2D eigenvalue weighted by Crippen LogP contribution is -2.27. The fourth-order valence-corrected chi connectivity index (χ4v) is 3.70. The van der Waals surface area contributed by atoms with Crippen LogP contribution in [0.3, 0.4) is 0 Å². The van der Waals surface area contributed by atoms with Crippen molar-refractivity contribution in [2.75, 3.05) is 31.6 Å². The summed E-state index contributed by atoms with van der Waals surface area (Å²) < 4.78 is 5.76. The number of carbonyl (C=O) groups excluding carboxylic acids is 1. The van der Waals surface area contributed by atoms with Crippen molar-refractivity contribution in [3.63, 3.8) is 0 Å². The second-order valence-electron chi connectivity index (χ2n) is 7.29. The van der Waals surface area contributed by atoms with Gasteiger partial charge in [-0.15, -0.1) is 0 Å². The van der Waals surface area contributed by atoms with Crippen molar-refractivity contribution in [3.8, 4) is 28.7 Å². The largest absolute Gasteiger partial charge is 0.491 e. The minimum Gasteiger partial charge on any atom is -0.491 e. The van der Waals surface area contributed by atoms with Crippen molar-refractivity contribution >= 4 is 34.8 Å². The van der Waals surface area contributed by atoms with Crippen LogP contribution in [0.2, 0.25) is 10.0 Å². The Kier molecular flexibility index (Phi) is 9.21. The molecule has 0 spiro atoms. The quantitative estimate of drug-likeness (QED) is 0.380. The van der Waals surface area contributed by atoms with Crippen LogP contribution in [0.4, 0.5) is 5.69 Å². The molecule has 0 saturated heterocycles. The number of nitrogens with one attached hydrogen (secondary N) is 1. The van der Waals surface area contributed by atoms with Gasteiger partial charge in [0.2, 0.25) is 0 Å². The summed E-state index contributed by atoms with van der Waals surface area (Å²) in [6.07, 6.45) is 0. The molecule has 0 aliphatic rings. The van der Waals surface area contributed by atoms with Crippen LogP contribution in [0.5, 0.6) is 5.75 Å². The van der Waals surface area contributed by atoms with Crippen molar-refractivity contribution in [1.82, 2.24) is 4.90 Å². The zero-order chi connectivity index (χ0) is 23.6. The number of halogens is 2. The van der Waals surface area contributed by atoms with E-state index in [1.54, 1.807) is 18.2 Å². The van der Waals surface area contributed by atoms with E-state index in [9.17, 15) is 4.79 Å². The van der Waals surface area contributed by atoms with E-state index in [4.69, 9.17) is 27.9 Å². The molecule has 1 N–H and O–H groups in total. The summed E-state index contributed by atoms with van der Waals surface area (Å²) in [7, 11) is 0. The first-order valence-electron chi connectivity index (χ1n) is 10.8. The third-order valence-corrected chi connectivity index (χ3v) is 5.74. The molecule has 0 saturated carbocycles. The molecule has 0 atom stereocenters. The highest BCUT2D eigenvalue weighted by atomic mass is 35.5. The molecule has 4 nitrogen and oxygen atoms in total. The standard InChI is InChI=1S/C27H26Cl2N2O2/c1-3-31(4-2)16-17-33-26-14-13-23(19-25(26)29)30-27(32)15-12-21-10-11-22(18-24(21)28)20-8-6-5-7-9-20/h5-11,13-14,18-19H,3-4,16-17H2,1-2H3,(H,30,32). The SMILES string of the molecule is CCN(CC)CCOc1ccc(NC(=O)C#Cc2ccc(-c3ccccc3)cc2Cl)cc1Cl. The van der Waals surface area contributed by atoms with E-state index < -0.39 is 5.91 Å². The maximum Gasteiger partial charge on any atom is 0.300 e. The Labute approximate surface area is 205 Å². The predicted molar refractivity (Wildman–Crippen MR) is 137 cm³/mol. The number of benzene rings is 3. The number of rotatable bonds is 8. The van der Waals surface area contributed by atoms with Crippen LogP contribution in [-0.2, 0) is 4.79 Å². The highest BCUT2D eigenvalue weighted by Crippen LogP contribution is 2.28. The van der Waals surface area contributed by atoms with E-state index >= 15 is 0 Å². The molecule has 0 aromatic heterocycles. The fraction of sp³-hybridized carbons (Fsp3) is 0.222. The second kappa shape index (κ2) is 12.3. The minimum atomic E-state index is -0.454. The first-order valence-corrected chi connectivity index (χ1v) is 11.6. The molecule has 3 rings (SSSR count). The Morgan fingerprint density at radius 2 is 1.70 bits per heavy atom. The lowest BCUT2D eigenvalue weighted by Gasteiger charge is -2.18. The van der Waals surface area contributed by atoms with E-state index in [0.29, 0.717) is 33.7 Å². The number of anilines is 1. The van der Waals surface area contributed by atoms with E-state index in [1.165, 1.54) is 0 Å². The van der Waals surface area contributed by atoms with Gasteiger partial charge >= 0.3 is 5.91 Å². The minimum absolute atomic E-state index is 0.430. The molecule has 0 unspecified atom stereocenters. The Hall–Kier alpha value is -2.97. The average molecular weight is 481 g/mol. The summed E-state index contributed by atoms with van der Waals surface area (Å²) in [6.45, 7) is 7.55. The van der Waals surface area contributed by atoms with Crippen LogP contribution in [-0.4, -0.2) is 37.0 Å². The first kappa shape index (κ1) is 24.7. The van der Waals surface area contributed by atoms with Gasteiger partial charge in [0.1, 0.15) is 12.4 Å². The van der Waals surface area contributed by atoms with Gasteiger partial charge in [0.15, 0.2) is 0 Å². The van der Waals surface area contributed by atoms with Crippen molar-refractivity contribution in [3.05, 3.63) is 82.3 Å². The molecule has 0 aliphatic carbocycles. The normalized spacial score (nSPS) is 10.5. The number of carbonyl (C=O) groups is 1. The maximum atomic E-state index is 12.3. The Morgan fingerprint density at radius 3 is 2.36 bits per heavy atom.